The van der Waals surface area contributed by atoms with E-state index in [1.807, 2.05) is 18.5 Å². The summed E-state index contributed by atoms with van der Waals surface area (Å²) in [5, 5.41) is 7.98. The zero-order chi connectivity index (χ0) is 14.9. The van der Waals surface area contributed by atoms with Gasteiger partial charge >= 0.3 is 5.97 Å². The maximum Gasteiger partial charge on any atom is 0.327 e. The second-order valence-electron chi connectivity index (χ2n) is 5.90. The summed E-state index contributed by atoms with van der Waals surface area (Å²) in [6.07, 6.45) is 3.22. The highest BCUT2D eigenvalue weighted by Crippen LogP contribution is 2.25. The maximum absolute atomic E-state index is 12.1. The van der Waals surface area contributed by atoms with Crippen molar-refractivity contribution < 1.29 is 9.53 Å². The zero-order valence-electron chi connectivity index (χ0n) is 13.1. The van der Waals surface area contributed by atoms with Gasteiger partial charge in [0.15, 0.2) is 0 Å². The number of nitrogens with one attached hydrogen (secondary N) is 1. The molecule has 5 nitrogen and oxygen atoms in total. The minimum absolute atomic E-state index is 0.227. The van der Waals surface area contributed by atoms with E-state index in [1.165, 1.54) is 12.7 Å². The van der Waals surface area contributed by atoms with Crippen LogP contribution in [-0.4, -0.2) is 34.4 Å². The number of esters is 1. The van der Waals surface area contributed by atoms with Gasteiger partial charge in [0.25, 0.3) is 0 Å². The molecule has 0 saturated heterocycles. The average molecular weight is 279 g/mol. The van der Waals surface area contributed by atoms with Gasteiger partial charge in [-0.15, -0.1) is 0 Å². The van der Waals surface area contributed by atoms with Crippen molar-refractivity contribution in [2.45, 2.75) is 65.1 Å². The summed E-state index contributed by atoms with van der Waals surface area (Å²) in [4.78, 5) is 12.1. The fourth-order valence-corrected chi connectivity index (χ4v) is 2.77. The van der Waals surface area contributed by atoms with Crippen molar-refractivity contribution in [3.05, 3.63) is 17.0 Å². The SMILES string of the molecule is CCc1c(C)nn(CC(C)(NC2CC2)C(=O)OC)c1C. The Morgan fingerprint density at radius 2 is 2.15 bits per heavy atom. The largest absolute Gasteiger partial charge is 0.468 e. The van der Waals surface area contributed by atoms with Crippen LogP contribution in [0.25, 0.3) is 0 Å². The number of hydrogen-bond donors (Lipinski definition) is 1. The highest BCUT2D eigenvalue weighted by atomic mass is 16.5. The summed E-state index contributed by atoms with van der Waals surface area (Å²) < 4.78 is 6.91. The first kappa shape index (κ1) is 15.0. The Hall–Kier alpha value is -1.36. The summed E-state index contributed by atoms with van der Waals surface area (Å²) >= 11 is 0. The highest BCUT2D eigenvalue weighted by Gasteiger charge is 2.40. The molecule has 1 atom stereocenters. The quantitative estimate of drug-likeness (QED) is 0.806. The fourth-order valence-electron chi connectivity index (χ4n) is 2.77. The highest BCUT2D eigenvalue weighted by molar-refractivity contribution is 5.80. The number of ether oxygens (including phenoxy) is 1. The summed E-state index contributed by atoms with van der Waals surface area (Å²) in [5.41, 5.74) is 2.73. The number of methoxy groups -OCH3 is 1. The van der Waals surface area contributed by atoms with Crippen molar-refractivity contribution in [2.75, 3.05) is 7.11 Å². The van der Waals surface area contributed by atoms with Gasteiger partial charge in [0.2, 0.25) is 0 Å². The van der Waals surface area contributed by atoms with E-state index in [0.717, 1.165) is 30.7 Å². The van der Waals surface area contributed by atoms with E-state index < -0.39 is 5.54 Å². The Morgan fingerprint density at radius 3 is 2.60 bits per heavy atom. The molecule has 1 aliphatic rings. The van der Waals surface area contributed by atoms with Crippen molar-refractivity contribution in [1.82, 2.24) is 15.1 Å². The van der Waals surface area contributed by atoms with Gasteiger partial charge in [0.05, 0.1) is 19.3 Å². The van der Waals surface area contributed by atoms with Gasteiger partial charge in [-0.2, -0.15) is 5.10 Å². The van der Waals surface area contributed by atoms with Crippen molar-refractivity contribution in [3.63, 3.8) is 0 Å². The van der Waals surface area contributed by atoms with Crippen LogP contribution in [0.2, 0.25) is 0 Å². The molecular weight excluding hydrogens is 254 g/mol. The molecule has 0 amide bonds. The molecular formula is C15H25N3O2. The molecule has 5 heteroatoms. The molecule has 1 unspecified atom stereocenters. The van der Waals surface area contributed by atoms with Gasteiger partial charge in [-0.05, 0) is 45.6 Å². The molecule has 112 valence electrons. The van der Waals surface area contributed by atoms with E-state index in [0.29, 0.717) is 12.6 Å². The first-order valence-corrected chi connectivity index (χ1v) is 7.30. The Morgan fingerprint density at radius 1 is 1.50 bits per heavy atom. The molecule has 1 saturated carbocycles. The normalized spacial score (nSPS) is 17.9. The molecule has 0 bridgehead atoms. The predicted molar refractivity (Wildman–Crippen MR) is 77.7 cm³/mol. The third-order valence-electron chi connectivity index (χ3n) is 4.09. The van der Waals surface area contributed by atoms with E-state index >= 15 is 0 Å². The molecule has 1 aromatic heterocycles. The fraction of sp³-hybridized carbons (Fsp3) is 0.733. The molecule has 0 spiro atoms. The predicted octanol–water partition coefficient (Wildman–Crippen LogP) is 1.75. The van der Waals surface area contributed by atoms with Crippen LogP contribution in [0.4, 0.5) is 0 Å². The molecule has 1 N–H and O–H groups in total. The number of rotatable bonds is 6. The summed E-state index contributed by atoms with van der Waals surface area (Å²) in [6, 6.07) is 0.432. The number of aryl methyl sites for hydroxylation is 1. The third-order valence-corrected chi connectivity index (χ3v) is 4.09. The van der Waals surface area contributed by atoms with Crippen molar-refractivity contribution in [2.24, 2.45) is 0 Å². The van der Waals surface area contributed by atoms with Crippen LogP contribution < -0.4 is 5.32 Å². The van der Waals surface area contributed by atoms with E-state index in [1.54, 1.807) is 0 Å². The Kier molecular flexibility index (Phi) is 4.18. The Balaban J connectivity index is 2.25. The molecule has 20 heavy (non-hydrogen) atoms. The second kappa shape index (κ2) is 5.56. The molecule has 2 rings (SSSR count). The smallest absolute Gasteiger partial charge is 0.327 e. The van der Waals surface area contributed by atoms with E-state index in [2.05, 4.69) is 24.3 Å². The van der Waals surface area contributed by atoms with Gasteiger partial charge < -0.3 is 4.74 Å². The lowest BCUT2D eigenvalue weighted by molar-refractivity contribution is -0.148. The van der Waals surface area contributed by atoms with Crippen molar-refractivity contribution in [1.29, 1.82) is 0 Å². The van der Waals surface area contributed by atoms with E-state index in [-0.39, 0.29) is 5.97 Å². The topological polar surface area (TPSA) is 56.2 Å². The van der Waals surface area contributed by atoms with Crippen LogP contribution >= 0.6 is 0 Å². The first-order valence-electron chi connectivity index (χ1n) is 7.30. The monoisotopic (exact) mass is 279 g/mol. The zero-order valence-corrected chi connectivity index (χ0v) is 13.1. The summed E-state index contributed by atoms with van der Waals surface area (Å²) in [7, 11) is 1.44. The molecule has 0 aromatic carbocycles. The molecule has 1 fully saturated rings. The lowest BCUT2D eigenvalue weighted by atomic mass is 10.0. The number of nitrogens with zero attached hydrogens (tertiary/aromatic N) is 2. The molecule has 1 heterocycles. The van der Waals surface area contributed by atoms with Crippen LogP contribution in [0.3, 0.4) is 0 Å². The van der Waals surface area contributed by atoms with Gasteiger partial charge in [-0.25, -0.2) is 4.79 Å². The summed E-state index contributed by atoms with van der Waals surface area (Å²) in [6.45, 7) is 8.62. The average Bonchev–Trinajstić information content (AvgIpc) is 3.16. The minimum Gasteiger partial charge on any atom is -0.468 e. The van der Waals surface area contributed by atoms with Gasteiger partial charge in [-0.1, -0.05) is 6.92 Å². The lowest BCUT2D eigenvalue weighted by Gasteiger charge is -2.28. The van der Waals surface area contributed by atoms with E-state index in [9.17, 15) is 4.79 Å². The molecule has 1 aromatic rings. The number of aromatic nitrogens is 2. The summed E-state index contributed by atoms with van der Waals surface area (Å²) in [5.74, 6) is -0.227. The van der Waals surface area contributed by atoms with Crippen LogP contribution in [0.15, 0.2) is 0 Å². The molecule has 0 radical (unpaired) electrons. The third kappa shape index (κ3) is 2.87. The maximum atomic E-state index is 12.1. The Labute approximate surface area is 120 Å². The van der Waals surface area contributed by atoms with Gasteiger partial charge in [-0.3, -0.25) is 10.00 Å². The minimum atomic E-state index is -0.718. The first-order chi connectivity index (χ1) is 9.41. The van der Waals surface area contributed by atoms with Crippen molar-refractivity contribution >= 4 is 5.97 Å². The number of hydrogen-bond acceptors (Lipinski definition) is 4. The Bertz CT molecular complexity index is 505. The van der Waals surface area contributed by atoms with Gasteiger partial charge in [0.1, 0.15) is 5.54 Å². The number of carbonyl (C=O) groups excluding carboxylic acids is 1. The van der Waals surface area contributed by atoms with Gasteiger partial charge in [0, 0.05) is 11.7 Å². The van der Waals surface area contributed by atoms with Crippen LogP contribution in [0, 0.1) is 13.8 Å². The molecule has 0 aliphatic heterocycles. The second-order valence-corrected chi connectivity index (χ2v) is 5.90. The van der Waals surface area contributed by atoms with Crippen LogP contribution in [0.5, 0.6) is 0 Å². The number of carbonyl (C=O) groups is 1. The van der Waals surface area contributed by atoms with Crippen LogP contribution in [-0.2, 0) is 22.5 Å². The lowest BCUT2D eigenvalue weighted by Crippen LogP contribution is -2.54. The van der Waals surface area contributed by atoms with Crippen LogP contribution in [0.1, 0.15) is 43.6 Å². The standard InChI is InChI=1S/C15H25N3O2/c1-6-13-10(2)17-18(11(13)3)9-15(4,14(19)20-5)16-12-7-8-12/h12,16H,6-9H2,1-5H3. The van der Waals surface area contributed by atoms with E-state index in [4.69, 9.17) is 4.74 Å². The molecule has 1 aliphatic carbocycles. The van der Waals surface area contributed by atoms with Crippen molar-refractivity contribution in [3.8, 4) is 0 Å².